The minimum Gasteiger partial charge on any atom is -0.465 e. The van der Waals surface area contributed by atoms with E-state index >= 15 is 0 Å². The molecule has 0 radical (unpaired) electrons. The van der Waals surface area contributed by atoms with Crippen LogP contribution in [0.2, 0.25) is 0 Å². The summed E-state index contributed by atoms with van der Waals surface area (Å²) in [5, 5.41) is 3.08. The molecule has 1 aromatic carbocycles. The van der Waals surface area contributed by atoms with Crippen LogP contribution in [0, 0.1) is 6.92 Å². The van der Waals surface area contributed by atoms with Crippen LogP contribution in [0.4, 0.5) is 0 Å². The Morgan fingerprint density at radius 1 is 1.26 bits per heavy atom. The summed E-state index contributed by atoms with van der Waals surface area (Å²) < 4.78 is 11.6. The summed E-state index contributed by atoms with van der Waals surface area (Å²) >= 11 is 0. The van der Waals surface area contributed by atoms with Crippen molar-refractivity contribution in [3.8, 4) is 0 Å². The molecule has 3 nitrogen and oxygen atoms in total. The first-order chi connectivity index (χ1) is 9.20. The molecule has 0 saturated heterocycles. The van der Waals surface area contributed by atoms with Crippen LogP contribution in [-0.2, 0) is 17.9 Å². The van der Waals surface area contributed by atoms with Gasteiger partial charge in [-0.15, -0.1) is 0 Å². The third-order valence-corrected chi connectivity index (χ3v) is 3.18. The van der Waals surface area contributed by atoms with Gasteiger partial charge in [0.05, 0.1) is 19.3 Å². The molecule has 19 heavy (non-hydrogen) atoms. The first-order valence-electron chi connectivity index (χ1n) is 6.60. The van der Waals surface area contributed by atoms with Crippen molar-refractivity contribution in [3.63, 3.8) is 0 Å². The SMILES string of the molecule is CNCc1cc(COC(C)c2ccccc2)c(C)o1. The first-order valence-corrected chi connectivity index (χ1v) is 6.60. The highest BCUT2D eigenvalue weighted by Gasteiger charge is 2.10. The third-order valence-electron chi connectivity index (χ3n) is 3.18. The molecule has 0 aliphatic rings. The summed E-state index contributed by atoms with van der Waals surface area (Å²) in [7, 11) is 1.91. The summed E-state index contributed by atoms with van der Waals surface area (Å²) in [6, 6.07) is 12.3. The zero-order valence-electron chi connectivity index (χ0n) is 11.8. The fourth-order valence-electron chi connectivity index (χ4n) is 2.03. The minimum absolute atomic E-state index is 0.0863. The van der Waals surface area contributed by atoms with Crippen molar-refractivity contribution in [1.29, 1.82) is 0 Å². The number of hydrogen-bond acceptors (Lipinski definition) is 3. The number of rotatable bonds is 6. The monoisotopic (exact) mass is 259 g/mol. The predicted molar refractivity (Wildman–Crippen MR) is 75.9 cm³/mol. The van der Waals surface area contributed by atoms with E-state index in [0.717, 1.165) is 23.6 Å². The third kappa shape index (κ3) is 3.69. The summed E-state index contributed by atoms with van der Waals surface area (Å²) in [6.07, 6.45) is 0.0863. The van der Waals surface area contributed by atoms with Crippen LogP contribution in [-0.4, -0.2) is 7.05 Å². The molecule has 0 spiro atoms. The van der Waals surface area contributed by atoms with Crippen LogP contribution in [0.15, 0.2) is 40.8 Å². The predicted octanol–water partition coefficient (Wildman–Crippen LogP) is 3.59. The molecule has 1 N–H and O–H groups in total. The van der Waals surface area contributed by atoms with E-state index in [1.54, 1.807) is 0 Å². The van der Waals surface area contributed by atoms with Crippen molar-refractivity contribution in [2.75, 3.05) is 7.05 Å². The van der Waals surface area contributed by atoms with Gasteiger partial charge in [0.15, 0.2) is 0 Å². The number of furan rings is 1. The Morgan fingerprint density at radius 2 is 2.00 bits per heavy atom. The Balaban J connectivity index is 1.95. The zero-order chi connectivity index (χ0) is 13.7. The summed E-state index contributed by atoms with van der Waals surface area (Å²) in [6.45, 7) is 5.37. The van der Waals surface area contributed by atoms with Crippen molar-refractivity contribution in [2.24, 2.45) is 0 Å². The summed E-state index contributed by atoms with van der Waals surface area (Å²) in [5.41, 5.74) is 2.31. The molecule has 3 heteroatoms. The molecule has 102 valence electrons. The van der Waals surface area contributed by atoms with Gasteiger partial charge in [-0.25, -0.2) is 0 Å². The average molecular weight is 259 g/mol. The molecule has 0 aliphatic heterocycles. The largest absolute Gasteiger partial charge is 0.465 e. The second-order valence-electron chi connectivity index (χ2n) is 4.69. The minimum atomic E-state index is 0.0863. The molecular weight excluding hydrogens is 238 g/mol. The molecule has 1 aromatic heterocycles. The van der Waals surface area contributed by atoms with Gasteiger partial charge in [-0.1, -0.05) is 30.3 Å². The lowest BCUT2D eigenvalue weighted by molar-refractivity contribution is 0.0519. The molecule has 1 heterocycles. The van der Waals surface area contributed by atoms with Gasteiger partial charge in [0.25, 0.3) is 0 Å². The van der Waals surface area contributed by atoms with Gasteiger partial charge in [0, 0.05) is 5.56 Å². The molecule has 1 unspecified atom stereocenters. The topological polar surface area (TPSA) is 34.4 Å². The lowest BCUT2D eigenvalue weighted by atomic mass is 10.1. The molecule has 0 aliphatic carbocycles. The van der Waals surface area contributed by atoms with Crippen LogP contribution in [0.1, 0.15) is 35.7 Å². The smallest absolute Gasteiger partial charge is 0.118 e. The summed E-state index contributed by atoms with van der Waals surface area (Å²) in [4.78, 5) is 0. The van der Waals surface area contributed by atoms with Gasteiger partial charge in [-0.05, 0) is 32.5 Å². The van der Waals surface area contributed by atoms with Gasteiger partial charge < -0.3 is 14.5 Å². The fraction of sp³-hybridized carbons (Fsp3) is 0.375. The van der Waals surface area contributed by atoms with E-state index in [1.165, 1.54) is 5.56 Å². The van der Waals surface area contributed by atoms with Gasteiger partial charge in [0.2, 0.25) is 0 Å². The molecule has 1 atom stereocenters. The maximum absolute atomic E-state index is 5.91. The number of hydrogen-bond donors (Lipinski definition) is 1. The van der Waals surface area contributed by atoms with Crippen molar-refractivity contribution >= 4 is 0 Å². The van der Waals surface area contributed by atoms with Gasteiger partial charge in [-0.3, -0.25) is 0 Å². The average Bonchev–Trinajstić information content (AvgIpc) is 2.78. The van der Waals surface area contributed by atoms with E-state index in [1.807, 2.05) is 32.2 Å². The number of benzene rings is 1. The molecular formula is C16H21NO2. The fourth-order valence-corrected chi connectivity index (χ4v) is 2.03. The van der Waals surface area contributed by atoms with Crippen LogP contribution in [0.5, 0.6) is 0 Å². The maximum Gasteiger partial charge on any atom is 0.118 e. The highest BCUT2D eigenvalue weighted by molar-refractivity contribution is 5.21. The van der Waals surface area contributed by atoms with E-state index in [2.05, 4.69) is 30.4 Å². The molecule has 2 rings (SSSR count). The van der Waals surface area contributed by atoms with Crippen molar-refractivity contribution in [3.05, 3.63) is 59.0 Å². The normalized spacial score (nSPS) is 12.6. The highest BCUT2D eigenvalue weighted by atomic mass is 16.5. The highest BCUT2D eigenvalue weighted by Crippen LogP contribution is 2.21. The van der Waals surface area contributed by atoms with Crippen LogP contribution in [0.3, 0.4) is 0 Å². The second-order valence-corrected chi connectivity index (χ2v) is 4.69. The Labute approximate surface area is 114 Å². The number of nitrogens with one attached hydrogen (secondary N) is 1. The summed E-state index contributed by atoms with van der Waals surface area (Å²) in [5.74, 6) is 1.89. The zero-order valence-corrected chi connectivity index (χ0v) is 11.8. The number of aryl methyl sites for hydroxylation is 1. The van der Waals surface area contributed by atoms with Gasteiger partial charge >= 0.3 is 0 Å². The lowest BCUT2D eigenvalue weighted by Crippen LogP contribution is -2.03. The molecule has 0 bridgehead atoms. The Kier molecular flexibility index (Phi) is 4.77. The number of ether oxygens (including phenoxy) is 1. The lowest BCUT2D eigenvalue weighted by Gasteiger charge is -2.12. The standard InChI is InChI=1S/C16H21NO2/c1-12(14-7-5-4-6-8-14)18-11-15-9-16(10-17-3)19-13(15)2/h4-9,12,17H,10-11H2,1-3H3. The van der Waals surface area contributed by atoms with Gasteiger partial charge in [-0.2, -0.15) is 0 Å². The quantitative estimate of drug-likeness (QED) is 0.861. The van der Waals surface area contributed by atoms with Crippen LogP contribution < -0.4 is 5.32 Å². The Hall–Kier alpha value is -1.58. The maximum atomic E-state index is 5.91. The molecule has 0 fully saturated rings. The molecule has 2 aromatic rings. The van der Waals surface area contributed by atoms with Crippen molar-refractivity contribution < 1.29 is 9.15 Å². The van der Waals surface area contributed by atoms with Crippen LogP contribution >= 0.6 is 0 Å². The van der Waals surface area contributed by atoms with Crippen molar-refractivity contribution in [1.82, 2.24) is 5.32 Å². The van der Waals surface area contributed by atoms with E-state index < -0.39 is 0 Å². The van der Waals surface area contributed by atoms with E-state index in [9.17, 15) is 0 Å². The van der Waals surface area contributed by atoms with Crippen molar-refractivity contribution in [2.45, 2.75) is 33.1 Å². The Morgan fingerprint density at radius 3 is 2.68 bits per heavy atom. The van der Waals surface area contributed by atoms with Gasteiger partial charge in [0.1, 0.15) is 11.5 Å². The van der Waals surface area contributed by atoms with E-state index in [4.69, 9.17) is 9.15 Å². The van der Waals surface area contributed by atoms with E-state index in [0.29, 0.717) is 6.61 Å². The first kappa shape index (κ1) is 13.8. The Bertz CT molecular complexity index is 505. The molecule has 0 saturated carbocycles. The van der Waals surface area contributed by atoms with E-state index in [-0.39, 0.29) is 6.10 Å². The second kappa shape index (κ2) is 6.55. The molecule has 0 amide bonds. The van der Waals surface area contributed by atoms with Crippen LogP contribution in [0.25, 0.3) is 0 Å².